The van der Waals surface area contributed by atoms with Gasteiger partial charge in [-0.3, -0.25) is 0 Å². The van der Waals surface area contributed by atoms with Gasteiger partial charge in [0.15, 0.2) is 0 Å². The summed E-state index contributed by atoms with van der Waals surface area (Å²) in [6.07, 6.45) is 2.23. The van der Waals surface area contributed by atoms with E-state index < -0.39 is 12.2 Å². The highest BCUT2D eigenvalue weighted by molar-refractivity contribution is 5.05. The first-order chi connectivity index (χ1) is 7.79. The molecule has 5 atom stereocenters. The van der Waals surface area contributed by atoms with Gasteiger partial charge in [-0.1, -0.05) is 20.8 Å². The summed E-state index contributed by atoms with van der Waals surface area (Å²) < 4.78 is 0. The molecule has 0 aromatic heterocycles. The molecule has 0 aromatic carbocycles. The van der Waals surface area contributed by atoms with Crippen molar-refractivity contribution in [3.63, 3.8) is 0 Å². The van der Waals surface area contributed by atoms with Gasteiger partial charge in [-0.25, -0.2) is 0 Å². The van der Waals surface area contributed by atoms with Gasteiger partial charge in [0.05, 0.1) is 12.2 Å². The maximum atomic E-state index is 10.2. The second-order valence-corrected chi connectivity index (χ2v) is 7.23. The molecule has 2 aliphatic carbocycles. The zero-order valence-corrected chi connectivity index (χ0v) is 11.2. The molecule has 5 unspecified atom stereocenters. The first-order valence-electron chi connectivity index (χ1n) is 6.76. The number of aliphatic hydroxyl groups is 3. The minimum absolute atomic E-state index is 0.0220. The second-order valence-electron chi connectivity index (χ2n) is 7.23. The van der Waals surface area contributed by atoms with Gasteiger partial charge in [-0.2, -0.15) is 0 Å². The molecule has 0 aromatic rings. The van der Waals surface area contributed by atoms with Crippen molar-refractivity contribution in [1.82, 2.24) is 0 Å². The SMILES string of the molecule is CC1(C)CC2C(O)C(O)CC(C)(CCO)C2C1. The molecule has 2 saturated carbocycles. The smallest absolute Gasteiger partial charge is 0.0830 e. The zero-order chi connectivity index (χ0) is 12.8. The maximum absolute atomic E-state index is 10.2. The van der Waals surface area contributed by atoms with E-state index in [1.165, 1.54) is 0 Å². The molecule has 0 bridgehead atoms. The Balaban J connectivity index is 2.26. The fourth-order valence-corrected chi connectivity index (χ4v) is 4.31. The van der Waals surface area contributed by atoms with Gasteiger partial charge >= 0.3 is 0 Å². The van der Waals surface area contributed by atoms with Crippen LogP contribution in [-0.4, -0.2) is 34.1 Å². The zero-order valence-electron chi connectivity index (χ0n) is 11.2. The predicted octanol–water partition coefficient (Wildman–Crippen LogP) is 1.55. The monoisotopic (exact) mass is 242 g/mol. The molecule has 2 fully saturated rings. The summed E-state index contributed by atoms with van der Waals surface area (Å²) in [6, 6.07) is 0. The fourth-order valence-electron chi connectivity index (χ4n) is 4.31. The van der Waals surface area contributed by atoms with Gasteiger partial charge in [0.2, 0.25) is 0 Å². The lowest BCUT2D eigenvalue weighted by molar-refractivity contribution is -0.115. The lowest BCUT2D eigenvalue weighted by Crippen LogP contribution is -2.49. The Labute approximate surface area is 104 Å². The summed E-state index contributed by atoms with van der Waals surface area (Å²) in [6.45, 7) is 6.81. The van der Waals surface area contributed by atoms with Crippen molar-refractivity contribution in [1.29, 1.82) is 0 Å². The average Bonchev–Trinajstić information content (AvgIpc) is 2.53. The molecular formula is C14H26O3. The molecule has 0 aliphatic heterocycles. The van der Waals surface area contributed by atoms with Gasteiger partial charge < -0.3 is 15.3 Å². The van der Waals surface area contributed by atoms with Crippen LogP contribution in [0.4, 0.5) is 0 Å². The van der Waals surface area contributed by atoms with E-state index in [0.29, 0.717) is 12.3 Å². The molecule has 100 valence electrons. The van der Waals surface area contributed by atoms with E-state index in [1.807, 2.05) is 0 Å². The van der Waals surface area contributed by atoms with Gasteiger partial charge in [0.25, 0.3) is 0 Å². The molecule has 3 N–H and O–H groups in total. The van der Waals surface area contributed by atoms with Crippen LogP contribution in [0.25, 0.3) is 0 Å². The summed E-state index contributed by atoms with van der Waals surface area (Å²) in [5, 5.41) is 29.4. The predicted molar refractivity (Wildman–Crippen MR) is 66.4 cm³/mol. The highest BCUT2D eigenvalue weighted by atomic mass is 16.3. The number of fused-ring (bicyclic) bond motifs is 1. The number of hydrogen-bond donors (Lipinski definition) is 3. The highest BCUT2D eigenvalue weighted by Gasteiger charge is 2.55. The van der Waals surface area contributed by atoms with Gasteiger partial charge in [-0.15, -0.1) is 0 Å². The third kappa shape index (κ3) is 2.25. The first-order valence-corrected chi connectivity index (χ1v) is 6.76. The van der Waals surface area contributed by atoms with Crippen molar-refractivity contribution in [3.05, 3.63) is 0 Å². The van der Waals surface area contributed by atoms with Crippen LogP contribution in [0.2, 0.25) is 0 Å². The number of aliphatic hydroxyl groups excluding tert-OH is 3. The molecule has 3 nitrogen and oxygen atoms in total. The second kappa shape index (κ2) is 4.22. The quantitative estimate of drug-likeness (QED) is 0.688. The molecule has 0 amide bonds. The minimum atomic E-state index is -0.623. The summed E-state index contributed by atoms with van der Waals surface area (Å²) in [4.78, 5) is 0. The van der Waals surface area contributed by atoms with Crippen molar-refractivity contribution in [2.75, 3.05) is 6.61 Å². The topological polar surface area (TPSA) is 60.7 Å². The largest absolute Gasteiger partial charge is 0.396 e. The van der Waals surface area contributed by atoms with Crippen molar-refractivity contribution in [3.8, 4) is 0 Å². The summed E-state index contributed by atoms with van der Waals surface area (Å²) in [5.74, 6) is 0.633. The van der Waals surface area contributed by atoms with Crippen LogP contribution < -0.4 is 0 Å². The molecule has 0 saturated heterocycles. The van der Waals surface area contributed by atoms with Crippen LogP contribution in [0.1, 0.15) is 46.5 Å². The van der Waals surface area contributed by atoms with E-state index in [9.17, 15) is 15.3 Å². The third-order valence-corrected chi connectivity index (χ3v) is 5.16. The Hall–Kier alpha value is -0.120. The van der Waals surface area contributed by atoms with Gasteiger partial charge in [-0.05, 0) is 48.3 Å². The standard InChI is InChI=1S/C14H26O3/c1-13(2)6-9-10(7-13)14(3,4-5-15)8-11(16)12(9)17/h9-12,15-17H,4-8H2,1-3H3. The molecule has 0 radical (unpaired) electrons. The van der Waals surface area contributed by atoms with Crippen molar-refractivity contribution in [2.24, 2.45) is 22.7 Å². The van der Waals surface area contributed by atoms with Gasteiger partial charge in [0.1, 0.15) is 0 Å². The van der Waals surface area contributed by atoms with Crippen LogP contribution in [0.3, 0.4) is 0 Å². The molecule has 2 aliphatic rings. The Morgan fingerprint density at radius 2 is 1.71 bits per heavy atom. The molecule has 0 spiro atoms. The van der Waals surface area contributed by atoms with Crippen molar-refractivity contribution in [2.45, 2.75) is 58.7 Å². The van der Waals surface area contributed by atoms with Crippen molar-refractivity contribution >= 4 is 0 Å². The maximum Gasteiger partial charge on any atom is 0.0830 e. The molecular weight excluding hydrogens is 216 g/mol. The number of rotatable bonds is 2. The van der Waals surface area contributed by atoms with E-state index >= 15 is 0 Å². The molecule has 17 heavy (non-hydrogen) atoms. The van der Waals surface area contributed by atoms with E-state index in [4.69, 9.17) is 0 Å². The van der Waals surface area contributed by atoms with E-state index in [1.54, 1.807) is 0 Å². The fraction of sp³-hybridized carbons (Fsp3) is 1.00. The van der Waals surface area contributed by atoms with Gasteiger partial charge in [0, 0.05) is 6.61 Å². The minimum Gasteiger partial charge on any atom is -0.396 e. The summed E-state index contributed by atoms with van der Waals surface area (Å²) in [5.41, 5.74) is 0.225. The van der Waals surface area contributed by atoms with Crippen LogP contribution in [-0.2, 0) is 0 Å². The van der Waals surface area contributed by atoms with Crippen molar-refractivity contribution < 1.29 is 15.3 Å². The summed E-state index contributed by atoms with van der Waals surface area (Å²) >= 11 is 0. The van der Waals surface area contributed by atoms with Crippen LogP contribution in [0, 0.1) is 22.7 Å². The summed E-state index contributed by atoms with van der Waals surface area (Å²) in [7, 11) is 0. The van der Waals surface area contributed by atoms with Crippen LogP contribution in [0.15, 0.2) is 0 Å². The Bertz CT molecular complexity index is 289. The molecule has 0 heterocycles. The molecule has 2 rings (SSSR count). The lowest BCUT2D eigenvalue weighted by Gasteiger charge is -2.47. The molecule has 3 heteroatoms. The van der Waals surface area contributed by atoms with Crippen LogP contribution >= 0.6 is 0 Å². The number of hydrogen-bond acceptors (Lipinski definition) is 3. The van der Waals surface area contributed by atoms with E-state index in [0.717, 1.165) is 19.3 Å². The normalized spacial score (nSPS) is 49.1. The lowest BCUT2D eigenvalue weighted by atomic mass is 9.60. The highest BCUT2D eigenvalue weighted by Crippen LogP contribution is 2.58. The Kier molecular flexibility index (Phi) is 3.30. The van der Waals surface area contributed by atoms with E-state index in [2.05, 4.69) is 20.8 Å². The van der Waals surface area contributed by atoms with E-state index in [-0.39, 0.29) is 23.4 Å². The third-order valence-electron chi connectivity index (χ3n) is 5.16. The Morgan fingerprint density at radius 3 is 2.29 bits per heavy atom. The average molecular weight is 242 g/mol. The Morgan fingerprint density at radius 1 is 1.06 bits per heavy atom. The first kappa shape index (κ1) is 13.3. The van der Waals surface area contributed by atoms with Crippen LogP contribution in [0.5, 0.6) is 0 Å².